The zero-order valence-corrected chi connectivity index (χ0v) is 23.1. The summed E-state index contributed by atoms with van der Waals surface area (Å²) in [7, 11) is 1.67. The predicted octanol–water partition coefficient (Wildman–Crippen LogP) is 5.95. The molecule has 4 aromatic carbocycles. The number of halogens is 1. The Morgan fingerprint density at radius 3 is 2.43 bits per heavy atom. The van der Waals surface area contributed by atoms with E-state index in [9.17, 15) is 19.1 Å². The summed E-state index contributed by atoms with van der Waals surface area (Å²) in [6.07, 6.45) is 0.731. The van der Waals surface area contributed by atoms with Crippen molar-refractivity contribution in [2.75, 3.05) is 6.54 Å². The topological polar surface area (TPSA) is 87.1 Å². The molecule has 42 heavy (non-hydrogen) atoms. The van der Waals surface area contributed by atoms with E-state index >= 15 is 0 Å². The molecule has 1 atom stereocenters. The van der Waals surface area contributed by atoms with Crippen molar-refractivity contribution in [2.45, 2.75) is 18.8 Å². The number of aromatic amines is 1. The number of benzene rings is 4. The third-order valence-corrected chi connectivity index (χ3v) is 7.82. The number of pyridine rings is 1. The molecule has 2 aromatic heterocycles. The summed E-state index contributed by atoms with van der Waals surface area (Å²) in [5, 5.41) is 16.1. The molecule has 210 valence electrons. The van der Waals surface area contributed by atoms with Gasteiger partial charge in [0.25, 0.3) is 5.56 Å². The second-order valence-electron chi connectivity index (χ2n) is 10.5. The molecule has 7 heteroatoms. The minimum atomic E-state index is -0.800. The fraction of sp³-hybridized carbons (Fsp3) is 0.143. The zero-order valence-electron chi connectivity index (χ0n) is 23.1. The molecule has 0 spiro atoms. The van der Waals surface area contributed by atoms with Crippen LogP contribution in [0.5, 0.6) is 5.75 Å². The summed E-state index contributed by atoms with van der Waals surface area (Å²) < 4.78 is 16.2. The number of hydrogen-bond donors (Lipinski definition) is 3. The maximum Gasteiger partial charge on any atom is 0.258 e. The SMILES string of the molecule is Cn1c(=O)c(C(c2cccc(F)c2)c2[nH]c3ccccc3c2CCNC(=O)Cc2ccccc2)c(O)c2ccccc21. The number of amides is 1. The third-order valence-electron chi connectivity index (χ3n) is 7.82. The highest BCUT2D eigenvalue weighted by atomic mass is 19.1. The van der Waals surface area contributed by atoms with Gasteiger partial charge in [-0.1, -0.05) is 72.8 Å². The van der Waals surface area contributed by atoms with E-state index in [0.29, 0.717) is 35.1 Å². The Hall–Kier alpha value is -5.17. The molecule has 3 N–H and O–H groups in total. The molecule has 0 bridgehead atoms. The van der Waals surface area contributed by atoms with Gasteiger partial charge < -0.3 is 20.0 Å². The number of para-hydroxylation sites is 2. The van der Waals surface area contributed by atoms with Gasteiger partial charge in [0, 0.05) is 35.6 Å². The first-order valence-corrected chi connectivity index (χ1v) is 13.9. The number of rotatable bonds is 8. The molecule has 1 amide bonds. The number of hydrogen-bond acceptors (Lipinski definition) is 3. The number of carbonyl (C=O) groups is 1. The summed E-state index contributed by atoms with van der Waals surface area (Å²) in [6, 6.07) is 30.6. The largest absolute Gasteiger partial charge is 0.507 e. The molecule has 6 rings (SSSR count). The lowest BCUT2D eigenvalue weighted by atomic mass is 9.85. The van der Waals surface area contributed by atoms with Crippen LogP contribution in [0.2, 0.25) is 0 Å². The second-order valence-corrected chi connectivity index (χ2v) is 10.5. The Morgan fingerprint density at radius 1 is 0.929 bits per heavy atom. The van der Waals surface area contributed by atoms with E-state index in [-0.39, 0.29) is 29.2 Å². The van der Waals surface area contributed by atoms with Crippen molar-refractivity contribution in [3.05, 3.63) is 147 Å². The summed E-state index contributed by atoms with van der Waals surface area (Å²) >= 11 is 0. The van der Waals surface area contributed by atoms with Gasteiger partial charge in [-0.05, 0) is 53.4 Å². The molecule has 6 nitrogen and oxygen atoms in total. The van der Waals surface area contributed by atoms with Crippen molar-refractivity contribution >= 4 is 27.7 Å². The highest BCUT2D eigenvalue weighted by Gasteiger charge is 2.30. The maximum absolute atomic E-state index is 14.7. The number of aromatic hydroxyl groups is 1. The molecule has 0 fully saturated rings. The first-order chi connectivity index (χ1) is 20.4. The standard InChI is InChI=1S/C35H30FN3O3/c1-39-29-17-8-6-15-27(29)34(41)32(35(39)42)31(23-12-9-13-24(36)21-23)33-26(25-14-5-7-16-28(25)38-33)18-19-37-30(40)20-22-10-3-2-4-11-22/h2-17,21,31,38,41H,18-20H2,1H3,(H,37,40). The maximum atomic E-state index is 14.7. The molecule has 0 saturated heterocycles. The van der Waals surface area contributed by atoms with Gasteiger partial charge in [-0.3, -0.25) is 9.59 Å². The fourth-order valence-electron chi connectivity index (χ4n) is 5.83. The number of nitrogens with one attached hydrogen (secondary N) is 2. The van der Waals surface area contributed by atoms with Crippen LogP contribution in [0.1, 0.15) is 33.9 Å². The lowest BCUT2D eigenvalue weighted by Gasteiger charge is -2.22. The first kappa shape index (κ1) is 27.0. The zero-order chi connectivity index (χ0) is 29.2. The van der Waals surface area contributed by atoms with Gasteiger partial charge in [0.2, 0.25) is 5.91 Å². The predicted molar refractivity (Wildman–Crippen MR) is 163 cm³/mol. The van der Waals surface area contributed by atoms with E-state index in [1.807, 2.05) is 60.7 Å². The molecule has 0 aliphatic rings. The summed E-state index contributed by atoms with van der Waals surface area (Å²) in [5.74, 6) is -1.47. The highest BCUT2D eigenvalue weighted by Crippen LogP contribution is 2.41. The van der Waals surface area contributed by atoms with E-state index in [2.05, 4.69) is 10.3 Å². The van der Waals surface area contributed by atoms with Gasteiger partial charge in [-0.2, -0.15) is 0 Å². The molecule has 1 unspecified atom stereocenters. The first-order valence-electron chi connectivity index (χ1n) is 13.9. The number of H-pyrrole nitrogens is 1. The van der Waals surface area contributed by atoms with Gasteiger partial charge in [0.05, 0.1) is 23.4 Å². The molecule has 0 saturated carbocycles. The number of aromatic nitrogens is 2. The van der Waals surface area contributed by atoms with E-state index < -0.39 is 11.7 Å². The van der Waals surface area contributed by atoms with E-state index in [1.165, 1.54) is 16.7 Å². The Labute approximate surface area is 242 Å². The van der Waals surface area contributed by atoms with Crippen LogP contribution in [-0.2, 0) is 24.7 Å². The molecule has 0 aliphatic heterocycles. The monoisotopic (exact) mass is 559 g/mol. The van der Waals surface area contributed by atoms with Gasteiger partial charge >= 0.3 is 0 Å². The van der Waals surface area contributed by atoms with Crippen LogP contribution in [-0.4, -0.2) is 27.1 Å². The average Bonchev–Trinajstić information content (AvgIpc) is 3.36. The van der Waals surface area contributed by atoms with E-state index in [4.69, 9.17) is 0 Å². The van der Waals surface area contributed by atoms with Gasteiger partial charge in [-0.15, -0.1) is 0 Å². The minimum Gasteiger partial charge on any atom is -0.507 e. The Bertz CT molecular complexity index is 1980. The van der Waals surface area contributed by atoms with Gasteiger partial charge in [0.15, 0.2) is 0 Å². The molecule has 6 aromatic rings. The second kappa shape index (κ2) is 11.4. The summed E-state index contributed by atoms with van der Waals surface area (Å²) in [4.78, 5) is 30.1. The van der Waals surface area contributed by atoms with E-state index in [1.54, 1.807) is 37.4 Å². The van der Waals surface area contributed by atoms with Crippen LogP contribution in [0.15, 0.2) is 108 Å². The number of fused-ring (bicyclic) bond motifs is 2. The van der Waals surface area contributed by atoms with Crippen molar-refractivity contribution in [2.24, 2.45) is 7.05 Å². The Balaban J connectivity index is 1.47. The van der Waals surface area contributed by atoms with Crippen molar-refractivity contribution in [3.8, 4) is 5.75 Å². The van der Waals surface area contributed by atoms with Crippen LogP contribution < -0.4 is 10.9 Å². The molecule has 0 radical (unpaired) electrons. The smallest absolute Gasteiger partial charge is 0.258 e. The van der Waals surface area contributed by atoms with Crippen molar-refractivity contribution in [1.29, 1.82) is 0 Å². The van der Waals surface area contributed by atoms with Crippen LogP contribution >= 0.6 is 0 Å². The van der Waals surface area contributed by atoms with Crippen LogP contribution in [0.4, 0.5) is 4.39 Å². The average molecular weight is 560 g/mol. The van der Waals surface area contributed by atoms with Crippen LogP contribution in [0.25, 0.3) is 21.8 Å². The Kier molecular flexibility index (Phi) is 7.32. The van der Waals surface area contributed by atoms with Crippen LogP contribution in [0, 0.1) is 5.82 Å². The Morgan fingerprint density at radius 2 is 1.64 bits per heavy atom. The third kappa shape index (κ3) is 5.05. The minimum absolute atomic E-state index is 0.0923. The van der Waals surface area contributed by atoms with Crippen LogP contribution in [0.3, 0.4) is 0 Å². The van der Waals surface area contributed by atoms with Gasteiger partial charge in [0.1, 0.15) is 11.6 Å². The lowest BCUT2D eigenvalue weighted by Crippen LogP contribution is -2.28. The van der Waals surface area contributed by atoms with Crippen molar-refractivity contribution < 1.29 is 14.3 Å². The summed E-state index contributed by atoms with van der Waals surface area (Å²) in [6.45, 7) is 0.359. The van der Waals surface area contributed by atoms with Gasteiger partial charge in [-0.25, -0.2) is 4.39 Å². The summed E-state index contributed by atoms with van der Waals surface area (Å²) in [5.41, 5.74) is 4.23. The van der Waals surface area contributed by atoms with E-state index in [0.717, 1.165) is 22.0 Å². The quantitative estimate of drug-likeness (QED) is 0.216. The number of carbonyl (C=O) groups excluding carboxylic acids is 1. The molecular weight excluding hydrogens is 529 g/mol. The molecule has 0 aliphatic carbocycles. The molecule has 2 heterocycles. The highest BCUT2D eigenvalue weighted by molar-refractivity contribution is 5.88. The molecular formula is C35H30FN3O3. The number of nitrogens with zero attached hydrogens (tertiary/aromatic N) is 1. The number of aryl methyl sites for hydroxylation is 1. The lowest BCUT2D eigenvalue weighted by molar-refractivity contribution is -0.120. The normalized spacial score (nSPS) is 12.0. The fourth-order valence-corrected chi connectivity index (χ4v) is 5.83. The van der Waals surface area contributed by atoms with Crippen molar-refractivity contribution in [1.82, 2.24) is 14.9 Å². The van der Waals surface area contributed by atoms with Crippen molar-refractivity contribution in [3.63, 3.8) is 0 Å².